The molecule has 1 aliphatic carbocycles. The number of esters is 1. The Morgan fingerprint density at radius 2 is 1.76 bits per heavy atom. The summed E-state index contributed by atoms with van der Waals surface area (Å²) < 4.78 is 8.32. The molecule has 0 radical (unpaired) electrons. The Balaban J connectivity index is 1.19. The van der Waals surface area contributed by atoms with Crippen molar-refractivity contribution < 1.29 is 19.2 Å². The molecule has 9 nitrogen and oxygen atoms in total. The molecule has 38 heavy (non-hydrogen) atoms. The summed E-state index contributed by atoms with van der Waals surface area (Å²) in [5.41, 5.74) is 7.27. The minimum atomic E-state index is -0.280. The second-order valence-corrected chi connectivity index (χ2v) is 9.25. The number of nitrogens with zero attached hydrogens (tertiary/aromatic N) is 5. The number of hydrogen-bond acceptors (Lipinski definition) is 7. The van der Waals surface area contributed by atoms with Crippen LogP contribution >= 0.6 is 0 Å². The van der Waals surface area contributed by atoms with Crippen molar-refractivity contribution in [2.24, 2.45) is 5.16 Å². The van der Waals surface area contributed by atoms with E-state index in [-0.39, 0.29) is 31.4 Å². The molecule has 5 rings (SSSR count). The van der Waals surface area contributed by atoms with E-state index >= 15 is 0 Å². The highest BCUT2D eigenvalue weighted by atomic mass is 16.6. The largest absolute Gasteiger partial charge is 0.468 e. The van der Waals surface area contributed by atoms with Gasteiger partial charge >= 0.3 is 5.97 Å². The lowest BCUT2D eigenvalue weighted by Gasteiger charge is -2.17. The van der Waals surface area contributed by atoms with Gasteiger partial charge in [-0.1, -0.05) is 65.0 Å². The molecule has 2 aromatic heterocycles. The fourth-order valence-corrected chi connectivity index (χ4v) is 4.69. The Hall–Kier alpha value is -4.53. The Kier molecular flexibility index (Phi) is 7.44. The van der Waals surface area contributed by atoms with Gasteiger partial charge in [-0.25, -0.2) is 4.68 Å². The molecule has 0 amide bonds. The first-order valence-corrected chi connectivity index (χ1v) is 12.5. The van der Waals surface area contributed by atoms with Crippen molar-refractivity contribution in [3.05, 3.63) is 95.1 Å². The van der Waals surface area contributed by atoms with Crippen molar-refractivity contribution in [2.45, 2.75) is 45.9 Å². The summed E-state index contributed by atoms with van der Waals surface area (Å²) in [6.07, 6.45) is 4.28. The normalized spacial score (nSPS) is 13.8. The zero-order valence-electron chi connectivity index (χ0n) is 21.5. The van der Waals surface area contributed by atoms with Crippen LogP contribution in [-0.2, 0) is 40.5 Å². The molecular formula is C29H29N5O4. The monoisotopic (exact) mass is 511 g/mol. The number of ether oxygens (including phenoxy) is 1. The maximum absolute atomic E-state index is 12.8. The Morgan fingerprint density at radius 1 is 1.00 bits per heavy atom. The van der Waals surface area contributed by atoms with Crippen LogP contribution in [0.2, 0.25) is 0 Å². The molecule has 0 unspecified atom stereocenters. The predicted molar refractivity (Wildman–Crippen MR) is 142 cm³/mol. The van der Waals surface area contributed by atoms with Crippen molar-refractivity contribution in [3.63, 3.8) is 0 Å². The van der Waals surface area contributed by atoms with E-state index in [0.717, 1.165) is 53.1 Å². The van der Waals surface area contributed by atoms with Gasteiger partial charge in [0.05, 0.1) is 19.0 Å². The average molecular weight is 512 g/mol. The van der Waals surface area contributed by atoms with Crippen LogP contribution in [0, 0.1) is 6.92 Å². The number of aryl methyl sites for hydroxylation is 1. The molecule has 0 atom stereocenters. The van der Waals surface area contributed by atoms with E-state index < -0.39 is 0 Å². The SMILES string of the molecule is COC(=O)Cn1c(C)cc2c1CCC/C2=N\OCc1cn(CC(=O)c2ccc(-c3ccccc3)cc2)nn1. The molecule has 2 heterocycles. The van der Waals surface area contributed by atoms with Crippen LogP contribution in [0.1, 0.15) is 45.8 Å². The van der Waals surface area contributed by atoms with Gasteiger partial charge in [-0.2, -0.15) is 0 Å². The summed E-state index contributed by atoms with van der Waals surface area (Å²) in [5, 5.41) is 12.6. The fraction of sp³-hybridized carbons (Fsp3) is 0.276. The number of carbonyl (C=O) groups is 2. The first-order valence-electron chi connectivity index (χ1n) is 12.5. The number of aromatic nitrogens is 4. The van der Waals surface area contributed by atoms with Crippen LogP contribution in [0.5, 0.6) is 0 Å². The molecular weight excluding hydrogens is 482 g/mol. The number of rotatable bonds is 9. The van der Waals surface area contributed by atoms with E-state index in [4.69, 9.17) is 9.57 Å². The van der Waals surface area contributed by atoms with Gasteiger partial charge in [0.2, 0.25) is 0 Å². The molecule has 2 aromatic carbocycles. The van der Waals surface area contributed by atoms with Crippen molar-refractivity contribution in [1.29, 1.82) is 0 Å². The van der Waals surface area contributed by atoms with Gasteiger partial charge in [0.25, 0.3) is 0 Å². The van der Waals surface area contributed by atoms with E-state index in [2.05, 4.69) is 15.5 Å². The number of methoxy groups -OCH3 is 1. The number of hydrogen-bond donors (Lipinski definition) is 0. The summed E-state index contributed by atoms with van der Waals surface area (Å²) in [7, 11) is 1.39. The first kappa shape index (κ1) is 25.1. The van der Waals surface area contributed by atoms with Gasteiger partial charge in [-0.15, -0.1) is 5.10 Å². The van der Waals surface area contributed by atoms with Crippen LogP contribution in [0.25, 0.3) is 11.1 Å². The number of carbonyl (C=O) groups excluding carboxylic acids is 2. The molecule has 0 aliphatic heterocycles. The zero-order chi connectivity index (χ0) is 26.5. The number of benzene rings is 2. The van der Waals surface area contributed by atoms with E-state index in [1.165, 1.54) is 11.8 Å². The minimum absolute atomic E-state index is 0.0520. The summed E-state index contributed by atoms with van der Waals surface area (Å²) in [6.45, 7) is 2.38. The van der Waals surface area contributed by atoms with Crippen molar-refractivity contribution >= 4 is 17.5 Å². The number of Topliss-reactive ketones (excluding diaryl/α,β-unsaturated/α-hetero) is 1. The third-order valence-electron chi connectivity index (χ3n) is 6.66. The van der Waals surface area contributed by atoms with Crippen LogP contribution in [0.4, 0.5) is 0 Å². The lowest BCUT2D eigenvalue weighted by atomic mass is 9.96. The first-order chi connectivity index (χ1) is 18.5. The van der Waals surface area contributed by atoms with Gasteiger partial charge in [0, 0.05) is 22.5 Å². The number of oxime groups is 1. The van der Waals surface area contributed by atoms with E-state index in [9.17, 15) is 9.59 Å². The van der Waals surface area contributed by atoms with Gasteiger partial charge in [-0.3, -0.25) is 9.59 Å². The highest BCUT2D eigenvalue weighted by molar-refractivity contribution is 6.02. The van der Waals surface area contributed by atoms with Crippen LogP contribution in [-0.4, -0.2) is 44.1 Å². The molecule has 0 bridgehead atoms. The third kappa shape index (κ3) is 5.56. The highest BCUT2D eigenvalue weighted by Crippen LogP contribution is 2.26. The fourth-order valence-electron chi connectivity index (χ4n) is 4.69. The highest BCUT2D eigenvalue weighted by Gasteiger charge is 2.23. The van der Waals surface area contributed by atoms with Gasteiger partial charge in [0.1, 0.15) is 18.8 Å². The number of ketones is 1. The van der Waals surface area contributed by atoms with Crippen LogP contribution in [0.3, 0.4) is 0 Å². The molecule has 1 aliphatic rings. The van der Waals surface area contributed by atoms with E-state index in [0.29, 0.717) is 11.3 Å². The van der Waals surface area contributed by atoms with Gasteiger partial charge in [0.15, 0.2) is 12.4 Å². The average Bonchev–Trinajstić information content (AvgIpc) is 3.53. The van der Waals surface area contributed by atoms with Crippen molar-refractivity contribution in [2.75, 3.05) is 7.11 Å². The molecule has 0 fully saturated rings. The smallest absolute Gasteiger partial charge is 0.325 e. The van der Waals surface area contributed by atoms with Gasteiger partial charge in [-0.05, 0) is 43.4 Å². The summed E-state index contributed by atoms with van der Waals surface area (Å²) >= 11 is 0. The van der Waals surface area contributed by atoms with Crippen molar-refractivity contribution in [3.8, 4) is 11.1 Å². The van der Waals surface area contributed by atoms with Crippen molar-refractivity contribution in [1.82, 2.24) is 19.6 Å². The summed E-state index contributed by atoms with van der Waals surface area (Å²) in [4.78, 5) is 30.2. The Bertz CT molecular complexity index is 1470. The molecule has 0 N–H and O–H groups in total. The second kappa shape index (κ2) is 11.2. The lowest BCUT2D eigenvalue weighted by Crippen LogP contribution is -2.19. The van der Waals surface area contributed by atoms with Gasteiger partial charge < -0.3 is 14.1 Å². The Morgan fingerprint density at radius 3 is 2.53 bits per heavy atom. The number of fused-ring (bicyclic) bond motifs is 1. The molecule has 0 saturated carbocycles. The van der Waals surface area contributed by atoms with Crippen LogP contribution in [0.15, 0.2) is 72.0 Å². The third-order valence-corrected chi connectivity index (χ3v) is 6.66. The summed E-state index contributed by atoms with van der Waals surface area (Å²) in [6, 6.07) is 19.6. The zero-order valence-corrected chi connectivity index (χ0v) is 21.5. The molecule has 9 heteroatoms. The maximum atomic E-state index is 12.8. The second-order valence-electron chi connectivity index (χ2n) is 9.25. The minimum Gasteiger partial charge on any atom is -0.468 e. The maximum Gasteiger partial charge on any atom is 0.325 e. The predicted octanol–water partition coefficient (Wildman–Crippen LogP) is 4.37. The quantitative estimate of drug-likeness (QED) is 0.188. The molecule has 0 spiro atoms. The lowest BCUT2D eigenvalue weighted by molar-refractivity contribution is -0.141. The van der Waals surface area contributed by atoms with Crippen LogP contribution < -0.4 is 0 Å². The molecule has 194 valence electrons. The summed E-state index contributed by atoms with van der Waals surface area (Å²) in [5.74, 6) is -0.332. The Labute approximate surface area is 220 Å². The topological polar surface area (TPSA) is 101 Å². The molecule has 4 aromatic rings. The molecule has 0 saturated heterocycles. The van der Waals surface area contributed by atoms with E-state index in [1.54, 1.807) is 6.20 Å². The standard InChI is InChI=1S/C29H29N5O4/c1-20-15-25-26(9-6-10-27(25)34(20)18-29(36)37-2)31-38-19-24-16-33(32-30-24)17-28(35)23-13-11-22(12-14-23)21-7-4-3-5-8-21/h3-5,7-8,11-16H,6,9-10,17-19H2,1-2H3/b31-26+. The van der Waals surface area contributed by atoms with E-state index in [1.807, 2.05) is 72.2 Å².